The number of benzene rings is 1. The lowest BCUT2D eigenvalue weighted by Crippen LogP contribution is -2.29. The van der Waals surface area contributed by atoms with Crippen molar-refractivity contribution >= 4 is 17.2 Å². The highest BCUT2D eigenvalue weighted by atomic mass is 32.1. The number of carbonyl (C=O) groups excluding carboxylic acids is 1. The third kappa shape index (κ3) is 4.11. The Labute approximate surface area is 149 Å². The van der Waals surface area contributed by atoms with Gasteiger partial charge >= 0.3 is 0 Å². The van der Waals surface area contributed by atoms with Crippen LogP contribution >= 0.6 is 11.3 Å². The monoisotopic (exact) mass is 359 g/mol. The minimum absolute atomic E-state index is 0.0351. The van der Waals surface area contributed by atoms with E-state index < -0.39 is 0 Å². The molecule has 0 bridgehead atoms. The van der Waals surface area contributed by atoms with Crippen molar-refractivity contribution in [3.05, 3.63) is 58.4 Å². The lowest BCUT2D eigenvalue weighted by Gasteiger charge is -2.25. The van der Waals surface area contributed by atoms with Crippen LogP contribution in [0.3, 0.4) is 0 Å². The molecule has 2 heterocycles. The fourth-order valence-electron chi connectivity index (χ4n) is 2.44. The second-order valence-electron chi connectivity index (χ2n) is 5.76. The molecule has 0 radical (unpaired) electrons. The van der Waals surface area contributed by atoms with Crippen molar-refractivity contribution in [2.45, 2.75) is 25.8 Å². The maximum Gasteiger partial charge on any atom is 0.227 e. The van der Waals surface area contributed by atoms with Gasteiger partial charge in [-0.15, -0.1) is 0 Å². The zero-order chi connectivity index (χ0) is 17.8. The summed E-state index contributed by atoms with van der Waals surface area (Å²) in [6, 6.07) is 7.95. The van der Waals surface area contributed by atoms with Crippen molar-refractivity contribution in [2.75, 3.05) is 7.05 Å². The van der Waals surface area contributed by atoms with E-state index in [-0.39, 0.29) is 24.2 Å². The number of rotatable bonds is 6. The van der Waals surface area contributed by atoms with Gasteiger partial charge in [0.2, 0.25) is 17.6 Å². The van der Waals surface area contributed by atoms with Crippen molar-refractivity contribution in [1.82, 2.24) is 15.0 Å². The summed E-state index contributed by atoms with van der Waals surface area (Å²) >= 11 is 1.56. The van der Waals surface area contributed by atoms with Crippen molar-refractivity contribution in [3.8, 4) is 11.4 Å². The van der Waals surface area contributed by atoms with E-state index in [2.05, 4.69) is 10.1 Å². The van der Waals surface area contributed by atoms with E-state index in [4.69, 9.17) is 4.52 Å². The molecular weight excluding hydrogens is 341 g/mol. The Hall–Kier alpha value is -2.54. The molecule has 25 heavy (non-hydrogen) atoms. The molecule has 3 aromatic rings. The van der Waals surface area contributed by atoms with Crippen LogP contribution in [0.15, 0.2) is 45.6 Å². The molecule has 0 saturated carbocycles. The summed E-state index contributed by atoms with van der Waals surface area (Å²) < 4.78 is 18.2. The van der Waals surface area contributed by atoms with Crippen molar-refractivity contribution < 1.29 is 13.7 Å². The summed E-state index contributed by atoms with van der Waals surface area (Å²) in [4.78, 5) is 18.4. The van der Waals surface area contributed by atoms with Crippen LogP contribution in [0.4, 0.5) is 4.39 Å². The fourth-order valence-corrected chi connectivity index (χ4v) is 3.07. The second-order valence-corrected chi connectivity index (χ2v) is 6.54. The Bertz CT molecular complexity index is 830. The van der Waals surface area contributed by atoms with E-state index in [9.17, 15) is 9.18 Å². The van der Waals surface area contributed by atoms with E-state index in [1.165, 1.54) is 12.1 Å². The maximum absolute atomic E-state index is 13.0. The molecule has 0 aliphatic heterocycles. The summed E-state index contributed by atoms with van der Waals surface area (Å²) in [5.74, 6) is 0.656. The van der Waals surface area contributed by atoms with Gasteiger partial charge in [0.05, 0.1) is 6.04 Å². The highest BCUT2D eigenvalue weighted by molar-refractivity contribution is 7.08. The Morgan fingerprint density at radius 1 is 1.32 bits per heavy atom. The smallest absolute Gasteiger partial charge is 0.227 e. The van der Waals surface area contributed by atoms with Gasteiger partial charge in [-0.2, -0.15) is 16.3 Å². The number of carbonyl (C=O) groups is 1. The van der Waals surface area contributed by atoms with E-state index in [0.29, 0.717) is 18.1 Å². The molecule has 0 spiro atoms. The Balaban J connectivity index is 1.57. The molecule has 3 rings (SSSR count). The number of aromatic nitrogens is 2. The molecule has 2 aromatic heterocycles. The third-order valence-corrected chi connectivity index (χ3v) is 4.81. The number of hydrogen-bond donors (Lipinski definition) is 0. The van der Waals surface area contributed by atoms with Crippen LogP contribution in [0.1, 0.15) is 30.8 Å². The van der Waals surface area contributed by atoms with Gasteiger partial charge in [0, 0.05) is 30.8 Å². The number of hydrogen-bond acceptors (Lipinski definition) is 5. The molecule has 0 saturated heterocycles. The van der Waals surface area contributed by atoms with Gasteiger partial charge in [-0.3, -0.25) is 4.79 Å². The summed E-state index contributed by atoms with van der Waals surface area (Å²) in [7, 11) is 1.74. The van der Waals surface area contributed by atoms with Gasteiger partial charge in [0.1, 0.15) is 5.82 Å². The normalized spacial score (nSPS) is 12.1. The SMILES string of the molecule is C[C@H](c1ccc(F)cc1)N(C)C(=O)CCc1nc(-c2ccsc2)no1. The van der Waals surface area contributed by atoms with E-state index >= 15 is 0 Å². The van der Waals surface area contributed by atoms with Crippen molar-refractivity contribution in [1.29, 1.82) is 0 Å². The Morgan fingerprint density at radius 2 is 2.08 bits per heavy atom. The molecule has 0 aliphatic carbocycles. The quantitative estimate of drug-likeness (QED) is 0.665. The van der Waals surface area contributed by atoms with Gasteiger partial charge in [-0.25, -0.2) is 4.39 Å². The number of thiophene rings is 1. The van der Waals surface area contributed by atoms with Crippen LogP contribution in [-0.4, -0.2) is 28.0 Å². The van der Waals surface area contributed by atoms with E-state index in [1.807, 2.05) is 23.8 Å². The molecule has 5 nitrogen and oxygen atoms in total. The molecule has 0 N–H and O–H groups in total. The largest absolute Gasteiger partial charge is 0.339 e. The number of nitrogens with zero attached hydrogens (tertiary/aromatic N) is 3. The van der Waals surface area contributed by atoms with Crippen LogP contribution in [0.2, 0.25) is 0 Å². The highest BCUT2D eigenvalue weighted by Crippen LogP contribution is 2.21. The van der Waals surface area contributed by atoms with Crippen LogP contribution < -0.4 is 0 Å². The highest BCUT2D eigenvalue weighted by Gasteiger charge is 2.18. The summed E-state index contributed by atoms with van der Waals surface area (Å²) in [5, 5.41) is 7.82. The lowest BCUT2D eigenvalue weighted by molar-refractivity contribution is -0.131. The summed E-state index contributed by atoms with van der Waals surface area (Å²) in [5.41, 5.74) is 1.79. The first kappa shape index (κ1) is 17.3. The van der Waals surface area contributed by atoms with Crippen LogP contribution in [0.25, 0.3) is 11.4 Å². The van der Waals surface area contributed by atoms with Gasteiger partial charge < -0.3 is 9.42 Å². The minimum Gasteiger partial charge on any atom is -0.339 e. The minimum atomic E-state index is -0.289. The van der Waals surface area contributed by atoms with Gasteiger partial charge in [-0.1, -0.05) is 17.3 Å². The average molecular weight is 359 g/mol. The van der Waals surface area contributed by atoms with Crippen LogP contribution in [-0.2, 0) is 11.2 Å². The van der Waals surface area contributed by atoms with E-state index in [0.717, 1.165) is 11.1 Å². The zero-order valence-electron chi connectivity index (χ0n) is 14.0. The lowest BCUT2D eigenvalue weighted by atomic mass is 10.1. The third-order valence-electron chi connectivity index (χ3n) is 4.13. The second kappa shape index (κ2) is 7.57. The van der Waals surface area contributed by atoms with Crippen LogP contribution in [0.5, 0.6) is 0 Å². The van der Waals surface area contributed by atoms with Gasteiger partial charge in [0.25, 0.3) is 0 Å². The summed E-state index contributed by atoms with van der Waals surface area (Å²) in [6.07, 6.45) is 0.657. The molecule has 1 atom stereocenters. The molecule has 1 aromatic carbocycles. The van der Waals surface area contributed by atoms with Gasteiger partial charge in [-0.05, 0) is 36.1 Å². The Kier molecular flexibility index (Phi) is 5.23. The van der Waals surface area contributed by atoms with E-state index in [1.54, 1.807) is 35.4 Å². The number of amides is 1. The van der Waals surface area contributed by atoms with Crippen molar-refractivity contribution in [2.24, 2.45) is 0 Å². The number of aryl methyl sites for hydroxylation is 1. The summed E-state index contributed by atoms with van der Waals surface area (Å²) in [6.45, 7) is 1.91. The standard InChI is InChI=1S/C18H18FN3O2S/c1-12(13-3-5-15(19)6-4-13)22(2)17(23)8-7-16-20-18(21-24-16)14-9-10-25-11-14/h3-6,9-12H,7-8H2,1-2H3/t12-/m1/s1. The zero-order valence-corrected chi connectivity index (χ0v) is 14.8. The van der Waals surface area contributed by atoms with Crippen LogP contribution in [0, 0.1) is 5.82 Å². The first-order chi connectivity index (χ1) is 12.0. The number of halogens is 1. The maximum atomic E-state index is 13.0. The predicted molar refractivity (Wildman–Crippen MR) is 93.5 cm³/mol. The van der Waals surface area contributed by atoms with Gasteiger partial charge in [0.15, 0.2) is 0 Å². The molecule has 0 unspecified atom stereocenters. The average Bonchev–Trinajstić information content (AvgIpc) is 3.30. The van der Waals surface area contributed by atoms with Crippen molar-refractivity contribution in [3.63, 3.8) is 0 Å². The molecule has 7 heteroatoms. The first-order valence-corrected chi connectivity index (χ1v) is 8.85. The fraction of sp³-hybridized carbons (Fsp3) is 0.278. The molecule has 130 valence electrons. The topological polar surface area (TPSA) is 59.2 Å². The molecule has 0 aliphatic rings. The first-order valence-electron chi connectivity index (χ1n) is 7.91. The molecule has 1 amide bonds. The molecule has 0 fully saturated rings. The Morgan fingerprint density at radius 3 is 2.76 bits per heavy atom. The predicted octanol–water partition coefficient (Wildman–Crippen LogP) is 4.09. The molecular formula is C18H18FN3O2S.